The fourth-order valence-corrected chi connectivity index (χ4v) is 4.34. The third-order valence-electron chi connectivity index (χ3n) is 6.28. The minimum absolute atomic E-state index is 0.0299. The zero-order valence-corrected chi connectivity index (χ0v) is 20.2. The van der Waals surface area contributed by atoms with Crippen LogP contribution in [0, 0.1) is 5.92 Å². The molecule has 0 saturated heterocycles. The molecular formula is C26H33N3O5. The van der Waals surface area contributed by atoms with E-state index in [0.717, 1.165) is 22.6 Å². The number of aliphatic hydroxyl groups is 1. The maximum absolute atomic E-state index is 13.4. The number of hydrogen-bond acceptors (Lipinski definition) is 7. The lowest BCUT2D eigenvalue weighted by atomic mass is 9.99. The lowest BCUT2D eigenvalue weighted by Gasteiger charge is -2.37. The van der Waals surface area contributed by atoms with E-state index in [9.17, 15) is 9.90 Å². The summed E-state index contributed by atoms with van der Waals surface area (Å²) in [6.45, 7) is 7.83. The van der Waals surface area contributed by atoms with Crippen molar-refractivity contribution in [2.45, 2.75) is 39.5 Å². The van der Waals surface area contributed by atoms with Gasteiger partial charge in [0.25, 0.3) is 5.91 Å². The second kappa shape index (κ2) is 10.4. The quantitative estimate of drug-likeness (QED) is 0.669. The summed E-state index contributed by atoms with van der Waals surface area (Å²) in [5.41, 5.74) is 2.37. The van der Waals surface area contributed by atoms with E-state index in [-0.39, 0.29) is 37.4 Å². The molecule has 8 nitrogen and oxygen atoms in total. The van der Waals surface area contributed by atoms with Gasteiger partial charge < -0.3 is 24.2 Å². The first-order chi connectivity index (χ1) is 16.4. The summed E-state index contributed by atoms with van der Waals surface area (Å²) in [7, 11) is 2.04. The number of fused-ring (bicyclic) bond motifs is 2. The molecule has 1 amide bonds. The van der Waals surface area contributed by atoms with Gasteiger partial charge in [-0.2, -0.15) is 0 Å². The van der Waals surface area contributed by atoms with Gasteiger partial charge in [-0.15, -0.1) is 0 Å². The molecule has 2 aromatic rings. The summed E-state index contributed by atoms with van der Waals surface area (Å²) in [4.78, 5) is 21.8. The zero-order chi connectivity index (χ0) is 24.2. The number of likely N-dealkylation sites (N-methyl/N-ethyl adjacent to an activating group) is 1. The number of pyridine rings is 1. The van der Waals surface area contributed by atoms with Crippen LogP contribution in [0.15, 0.2) is 36.5 Å². The van der Waals surface area contributed by atoms with Gasteiger partial charge in [0.1, 0.15) is 11.7 Å². The standard InChI is InChI=1S/C26H33N3O5/c1-5-6-19-9-21-25(27-11-19)34-24(17(2)12-29(26(21)31)18(3)15-30)14-28(4)13-20-7-8-22-23(10-20)33-16-32-22/h5-11,17-18,24,30H,12-16H2,1-4H3/t17-,18+,24-/m0/s1. The van der Waals surface area contributed by atoms with Crippen LogP contribution >= 0.6 is 0 Å². The van der Waals surface area contributed by atoms with Gasteiger partial charge >= 0.3 is 0 Å². The monoisotopic (exact) mass is 467 g/mol. The Bertz CT molecular complexity index is 1060. The first-order valence-electron chi connectivity index (χ1n) is 11.7. The summed E-state index contributed by atoms with van der Waals surface area (Å²) in [5.74, 6) is 1.73. The fraction of sp³-hybridized carbons (Fsp3) is 0.462. The van der Waals surface area contributed by atoms with Gasteiger partial charge in [0.05, 0.1) is 12.6 Å². The number of nitrogens with zero attached hydrogens (tertiary/aromatic N) is 3. The van der Waals surface area contributed by atoms with E-state index in [2.05, 4.69) is 16.8 Å². The molecule has 3 heterocycles. The van der Waals surface area contributed by atoms with Crippen LogP contribution in [0.3, 0.4) is 0 Å². The Morgan fingerprint density at radius 3 is 2.85 bits per heavy atom. The Labute approximate surface area is 200 Å². The molecule has 0 aliphatic carbocycles. The molecule has 0 radical (unpaired) electrons. The Hall–Kier alpha value is -3.10. The molecule has 0 bridgehead atoms. The third-order valence-corrected chi connectivity index (χ3v) is 6.28. The highest BCUT2D eigenvalue weighted by atomic mass is 16.7. The van der Waals surface area contributed by atoms with Crippen LogP contribution in [0.1, 0.15) is 42.3 Å². The first kappa shape index (κ1) is 24.0. The van der Waals surface area contributed by atoms with Crippen molar-refractivity contribution in [1.82, 2.24) is 14.8 Å². The van der Waals surface area contributed by atoms with Gasteiger partial charge in [0.15, 0.2) is 11.5 Å². The SMILES string of the molecule is CC=Cc1cnc2c(c1)C(=O)N([C@H](C)CO)C[C@H](C)[C@H](CN(C)Cc1ccc3c(c1)OCO3)O2. The number of amides is 1. The van der Waals surface area contributed by atoms with Gasteiger partial charge in [0, 0.05) is 31.7 Å². The highest BCUT2D eigenvalue weighted by Gasteiger charge is 2.34. The molecule has 34 heavy (non-hydrogen) atoms. The van der Waals surface area contributed by atoms with E-state index in [1.807, 2.05) is 57.3 Å². The lowest BCUT2D eigenvalue weighted by molar-refractivity contribution is 0.0325. The van der Waals surface area contributed by atoms with E-state index < -0.39 is 0 Å². The van der Waals surface area contributed by atoms with Crippen LogP contribution in [0.5, 0.6) is 17.4 Å². The molecule has 0 spiro atoms. The first-order valence-corrected chi connectivity index (χ1v) is 11.7. The van der Waals surface area contributed by atoms with Crippen LogP contribution in [0.25, 0.3) is 6.08 Å². The van der Waals surface area contributed by atoms with Crippen molar-refractivity contribution in [2.24, 2.45) is 5.92 Å². The molecule has 1 aromatic carbocycles. The van der Waals surface area contributed by atoms with Gasteiger partial charge in [-0.3, -0.25) is 9.69 Å². The Morgan fingerprint density at radius 1 is 1.29 bits per heavy atom. The largest absolute Gasteiger partial charge is 0.472 e. The van der Waals surface area contributed by atoms with Gasteiger partial charge in [-0.25, -0.2) is 4.98 Å². The molecule has 8 heteroatoms. The molecular weight excluding hydrogens is 434 g/mol. The highest BCUT2D eigenvalue weighted by Crippen LogP contribution is 2.33. The molecule has 3 atom stereocenters. The zero-order valence-electron chi connectivity index (χ0n) is 20.2. The Morgan fingerprint density at radius 2 is 2.09 bits per heavy atom. The van der Waals surface area contributed by atoms with Crippen LogP contribution in [0.2, 0.25) is 0 Å². The summed E-state index contributed by atoms with van der Waals surface area (Å²) < 4.78 is 17.3. The maximum Gasteiger partial charge on any atom is 0.259 e. The average Bonchev–Trinajstić information content (AvgIpc) is 3.29. The molecule has 2 aliphatic heterocycles. The molecule has 182 valence electrons. The molecule has 4 rings (SSSR count). The lowest BCUT2D eigenvalue weighted by Crippen LogP contribution is -2.49. The molecule has 0 saturated carbocycles. The maximum atomic E-state index is 13.4. The number of aliphatic hydroxyl groups excluding tert-OH is 1. The molecule has 0 unspecified atom stereocenters. The number of benzene rings is 1. The molecule has 1 aromatic heterocycles. The van der Waals surface area contributed by atoms with Gasteiger partial charge in [-0.05, 0) is 50.2 Å². The second-order valence-electron chi connectivity index (χ2n) is 9.13. The predicted molar refractivity (Wildman–Crippen MR) is 129 cm³/mol. The van der Waals surface area contributed by atoms with Crippen LogP contribution in [-0.2, 0) is 6.54 Å². The minimum Gasteiger partial charge on any atom is -0.472 e. The van der Waals surface area contributed by atoms with Crippen molar-refractivity contribution in [3.63, 3.8) is 0 Å². The molecule has 2 aliphatic rings. The topological polar surface area (TPSA) is 84.4 Å². The highest BCUT2D eigenvalue weighted by molar-refractivity contribution is 5.97. The van der Waals surface area contributed by atoms with Crippen LogP contribution in [-0.4, -0.2) is 71.5 Å². The number of rotatable bonds is 7. The van der Waals surface area contributed by atoms with E-state index in [0.29, 0.717) is 31.1 Å². The third kappa shape index (κ3) is 5.18. The van der Waals surface area contributed by atoms with Crippen molar-refractivity contribution in [3.05, 3.63) is 53.2 Å². The van der Waals surface area contributed by atoms with E-state index >= 15 is 0 Å². The van der Waals surface area contributed by atoms with Gasteiger partial charge in [-0.1, -0.05) is 25.1 Å². The van der Waals surface area contributed by atoms with Crippen molar-refractivity contribution in [1.29, 1.82) is 0 Å². The summed E-state index contributed by atoms with van der Waals surface area (Å²) >= 11 is 0. The van der Waals surface area contributed by atoms with Crippen LogP contribution in [0.4, 0.5) is 0 Å². The van der Waals surface area contributed by atoms with Crippen molar-refractivity contribution >= 4 is 12.0 Å². The summed E-state index contributed by atoms with van der Waals surface area (Å²) in [6.07, 6.45) is 5.32. The number of aromatic nitrogens is 1. The normalized spacial score (nSPS) is 20.8. The number of hydrogen-bond donors (Lipinski definition) is 1. The van der Waals surface area contributed by atoms with Crippen LogP contribution < -0.4 is 14.2 Å². The Kier molecular flexibility index (Phi) is 7.38. The minimum atomic E-state index is -0.307. The van der Waals surface area contributed by atoms with Crippen molar-refractivity contribution in [3.8, 4) is 17.4 Å². The number of carbonyl (C=O) groups is 1. The number of allylic oxidation sites excluding steroid dienone is 1. The van der Waals surface area contributed by atoms with E-state index in [4.69, 9.17) is 14.2 Å². The number of carbonyl (C=O) groups excluding carboxylic acids is 1. The predicted octanol–water partition coefficient (Wildman–Crippen LogP) is 3.20. The average molecular weight is 468 g/mol. The van der Waals surface area contributed by atoms with Crippen molar-refractivity contribution in [2.75, 3.05) is 33.5 Å². The van der Waals surface area contributed by atoms with Crippen molar-refractivity contribution < 1.29 is 24.1 Å². The van der Waals surface area contributed by atoms with Gasteiger partial charge in [0.2, 0.25) is 12.7 Å². The molecule has 0 fully saturated rings. The van der Waals surface area contributed by atoms with E-state index in [1.165, 1.54) is 0 Å². The molecule has 1 N–H and O–H groups in total. The smallest absolute Gasteiger partial charge is 0.259 e. The second-order valence-corrected chi connectivity index (χ2v) is 9.13. The fourth-order valence-electron chi connectivity index (χ4n) is 4.34. The summed E-state index contributed by atoms with van der Waals surface area (Å²) in [5, 5.41) is 9.80. The Balaban J connectivity index is 1.57. The number of ether oxygens (including phenoxy) is 3. The van der Waals surface area contributed by atoms with E-state index in [1.54, 1.807) is 11.1 Å². The summed E-state index contributed by atoms with van der Waals surface area (Å²) in [6, 6.07) is 7.48.